The van der Waals surface area contributed by atoms with Crippen molar-refractivity contribution in [3.63, 3.8) is 0 Å². The first-order valence-corrected chi connectivity index (χ1v) is 7.69. The number of aromatic hydroxyl groups is 1. The minimum absolute atomic E-state index is 0.0167. The van der Waals surface area contributed by atoms with Crippen LogP contribution in [0.3, 0.4) is 0 Å². The van der Waals surface area contributed by atoms with Crippen molar-refractivity contribution in [1.82, 2.24) is 4.57 Å². The Kier molecular flexibility index (Phi) is 4.53. The Hall–Kier alpha value is -2.79. The summed E-state index contributed by atoms with van der Waals surface area (Å²) < 4.78 is 7.25. The molecule has 122 valence electrons. The second-order valence-corrected chi connectivity index (χ2v) is 5.65. The van der Waals surface area contributed by atoms with E-state index in [1.807, 2.05) is 24.3 Å². The van der Waals surface area contributed by atoms with Crippen molar-refractivity contribution < 1.29 is 9.84 Å². The van der Waals surface area contributed by atoms with Crippen LogP contribution < -0.4 is 4.74 Å². The highest BCUT2D eigenvalue weighted by Crippen LogP contribution is 2.40. The minimum Gasteiger partial charge on any atom is -0.493 e. The van der Waals surface area contributed by atoms with E-state index in [1.54, 1.807) is 28.8 Å². The number of halogens is 1. The van der Waals surface area contributed by atoms with Crippen molar-refractivity contribution in [2.45, 2.75) is 6.54 Å². The van der Waals surface area contributed by atoms with Crippen molar-refractivity contribution in [1.29, 1.82) is 0 Å². The van der Waals surface area contributed by atoms with Crippen LogP contribution in [0.4, 0.5) is 5.69 Å². The van der Waals surface area contributed by atoms with Gasteiger partial charge in [-0.3, -0.25) is 0 Å². The molecule has 0 atom stereocenters. The van der Waals surface area contributed by atoms with Crippen LogP contribution in [0.25, 0.3) is 10.9 Å². The Morgan fingerprint density at radius 3 is 2.83 bits per heavy atom. The maximum Gasteiger partial charge on any atom is 0.222 e. The number of nitroso groups, excluding NO2 is 1. The van der Waals surface area contributed by atoms with Crippen molar-refractivity contribution in [2.75, 3.05) is 6.61 Å². The van der Waals surface area contributed by atoms with Gasteiger partial charge in [-0.15, -0.1) is 4.91 Å². The summed E-state index contributed by atoms with van der Waals surface area (Å²) >= 11 is 5.99. The fraction of sp³-hybridized carbons (Fsp3) is 0.111. The zero-order valence-electron chi connectivity index (χ0n) is 12.8. The SMILES string of the molecule is C=CCOc1ccccc1Cn1c(O)c(N=O)c2cc(Cl)ccc21. The number of rotatable bonds is 6. The minimum atomic E-state index is -0.194. The number of hydrogen-bond acceptors (Lipinski definition) is 4. The first kappa shape index (κ1) is 16.1. The van der Waals surface area contributed by atoms with Crippen LogP contribution >= 0.6 is 11.6 Å². The molecule has 1 aromatic heterocycles. The number of nitrogens with zero attached hydrogens (tertiary/aromatic N) is 2. The van der Waals surface area contributed by atoms with E-state index in [1.165, 1.54) is 0 Å². The van der Waals surface area contributed by atoms with Crippen molar-refractivity contribution in [3.05, 3.63) is 70.6 Å². The zero-order chi connectivity index (χ0) is 17.1. The summed E-state index contributed by atoms with van der Waals surface area (Å²) in [4.78, 5) is 11.1. The van der Waals surface area contributed by atoms with Gasteiger partial charge in [0.15, 0.2) is 5.69 Å². The molecule has 24 heavy (non-hydrogen) atoms. The van der Waals surface area contributed by atoms with Crippen LogP contribution in [0, 0.1) is 4.91 Å². The van der Waals surface area contributed by atoms with Gasteiger partial charge < -0.3 is 14.4 Å². The Bertz CT molecular complexity index is 918. The molecular weight excluding hydrogens is 328 g/mol. The number of benzene rings is 2. The highest BCUT2D eigenvalue weighted by Gasteiger charge is 2.19. The topological polar surface area (TPSA) is 63.8 Å². The molecule has 2 aromatic carbocycles. The summed E-state index contributed by atoms with van der Waals surface area (Å²) in [7, 11) is 0. The number of fused-ring (bicyclic) bond motifs is 1. The third-order valence-electron chi connectivity index (χ3n) is 3.72. The monoisotopic (exact) mass is 342 g/mol. The molecule has 0 radical (unpaired) electrons. The lowest BCUT2D eigenvalue weighted by atomic mass is 10.2. The third kappa shape index (κ3) is 2.86. The number of aromatic nitrogens is 1. The van der Waals surface area contributed by atoms with E-state index in [9.17, 15) is 10.0 Å². The summed E-state index contributed by atoms with van der Waals surface area (Å²) in [5.74, 6) is 0.494. The van der Waals surface area contributed by atoms with E-state index in [0.717, 1.165) is 5.56 Å². The predicted octanol–water partition coefficient (Wildman–Crippen LogP) is 5.01. The summed E-state index contributed by atoms with van der Waals surface area (Å²) in [5.41, 5.74) is 1.51. The summed E-state index contributed by atoms with van der Waals surface area (Å²) in [5, 5.41) is 14.3. The van der Waals surface area contributed by atoms with Gasteiger partial charge in [0, 0.05) is 16.0 Å². The van der Waals surface area contributed by atoms with Crippen molar-refractivity contribution >= 4 is 28.2 Å². The maximum absolute atomic E-state index is 11.1. The molecule has 0 unspecified atom stereocenters. The molecule has 0 bridgehead atoms. The molecule has 0 aliphatic carbocycles. The van der Waals surface area contributed by atoms with Gasteiger partial charge in [0.1, 0.15) is 12.4 Å². The second kappa shape index (κ2) is 6.76. The van der Waals surface area contributed by atoms with Gasteiger partial charge in [-0.25, -0.2) is 0 Å². The Balaban J connectivity index is 2.10. The first-order valence-electron chi connectivity index (χ1n) is 7.31. The van der Waals surface area contributed by atoms with Crippen LogP contribution in [-0.4, -0.2) is 16.3 Å². The lowest BCUT2D eigenvalue weighted by Crippen LogP contribution is -2.03. The zero-order valence-corrected chi connectivity index (χ0v) is 13.5. The standard InChI is InChI=1S/C18H15ClN2O3/c1-2-9-24-16-6-4-3-5-12(16)11-21-15-8-7-13(19)10-14(15)17(20-23)18(21)22/h2-8,10,22H,1,9,11H2. The van der Waals surface area contributed by atoms with E-state index in [4.69, 9.17) is 16.3 Å². The Labute approximate surface area is 143 Å². The molecule has 5 nitrogen and oxygen atoms in total. The molecule has 0 saturated heterocycles. The molecule has 3 aromatic rings. The van der Waals surface area contributed by atoms with Gasteiger partial charge >= 0.3 is 0 Å². The molecule has 6 heteroatoms. The second-order valence-electron chi connectivity index (χ2n) is 5.22. The van der Waals surface area contributed by atoms with E-state index in [-0.39, 0.29) is 11.6 Å². The van der Waals surface area contributed by atoms with Gasteiger partial charge in [-0.05, 0) is 29.4 Å². The Morgan fingerprint density at radius 2 is 2.08 bits per heavy atom. The first-order chi connectivity index (χ1) is 11.7. The van der Waals surface area contributed by atoms with Crippen molar-refractivity contribution in [2.24, 2.45) is 5.18 Å². The van der Waals surface area contributed by atoms with E-state index >= 15 is 0 Å². The van der Waals surface area contributed by atoms with E-state index in [0.29, 0.717) is 34.8 Å². The molecule has 1 N–H and O–H groups in total. The van der Waals surface area contributed by atoms with Crippen LogP contribution in [0.15, 0.2) is 60.3 Å². The smallest absolute Gasteiger partial charge is 0.222 e. The molecular formula is C18H15ClN2O3. The molecule has 3 rings (SSSR count). The van der Waals surface area contributed by atoms with Crippen LogP contribution in [0.5, 0.6) is 11.6 Å². The average Bonchev–Trinajstić information content (AvgIpc) is 2.85. The quantitative estimate of drug-likeness (QED) is 0.505. The van der Waals surface area contributed by atoms with Crippen LogP contribution in [0.1, 0.15) is 5.56 Å². The highest BCUT2D eigenvalue weighted by atomic mass is 35.5. The largest absolute Gasteiger partial charge is 0.493 e. The summed E-state index contributed by atoms with van der Waals surface area (Å²) in [6.45, 7) is 4.34. The van der Waals surface area contributed by atoms with Crippen molar-refractivity contribution in [3.8, 4) is 11.6 Å². The fourth-order valence-corrected chi connectivity index (χ4v) is 2.81. The Morgan fingerprint density at radius 1 is 1.29 bits per heavy atom. The van der Waals surface area contributed by atoms with Gasteiger partial charge in [0.05, 0.1) is 12.1 Å². The van der Waals surface area contributed by atoms with Crippen LogP contribution in [-0.2, 0) is 6.54 Å². The average molecular weight is 343 g/mol. The normalized spacial score (nSPS) is 10.7. The van der Waals surface area contributed by atoms with Crippen LogP contribution in [0.2, 0.25) is 5.02 Å². The fourth-order valence-electron chi connectivity index (χ4n) is 2.64. The molecule has 0 aliphatic rings. The van der Waals surface area contributed by atoms with E-state index < -0.39 is 0 Å². The lowest BCUT2D eigenvalue weighted by Gasteiger charge is -2.12. The molecule has 0 fully saturated rings. The molecule has 0 saturated carbocycles. The van der Waals surface area contributed by atoms with Gasteiger partial charge in [-0.2, -0.15) is 0 Å². The molecule has 0 amide bonds. The summed E-state index contributed by atoms with van der Waals surface area (Å²) in [6, 6.07) is 12.6. The summed E-state index contributed by atoms with van der Waals surface area (Å²) in [6.07, 6.45) is 1.66. The lowest BCUT2D eigenvalue weighted by molar-refractivity contribution is 0.357. The van der Waals surface area contributed by atoms with E-state index in [2.05, 4.69) is 11.8 Å². The van der Waals surface area contributed by atoms with Gasteiger partial charge in [0.2, 0.25) is 5.88 Å². The highest BCUT2D eigenvalue weighted by molar-refractivity contribution is 6.31. The molecule has 1 heterocycles. The molecule has 0 aliphatic heterocycles. The predicted molar refractivity (Wildman–Crippen MR) is 95.3 cm³/mol. The van der Waals surface area contributed by atoms with Gasteiger partial charge in [-0.1, -0.05) is 42.5 Å². The third-order valence-corrected chi connectivity index (χ3v) is 3.96. The molecule has 0 spiro atoms. The number of para-hydroxylation sites is 1. The van der Waals surface area contributed by atoms with Gasteiger partial charge in [0.25, 0.3) is 0 Å². The number of hydrogen-bond donors (Lipinski definition) is 1. The number of ether oxygens (including phenoxy) is 1. The maximum atomic E-state index is 11.1.